The molecule has 7 nitrogen and oxygen atoms in total. The summed E-state index contributed by atoms with van der Waals surface area (Å²) in [6.45, 7) is 0.170. The van der Waals surface area contributed by atoms with Gasteiger partial charge in [0.2, 0.25) is 6.79 Å². The summed E-state index contributed by atoms with van der Waals surface area (Å²) < 4.78 is 10.6. The number of hydrogen-bond acceptors (Lipinski definition) is 5. The van der Waals surface area contributed by atoms with Crippen LogP contribution >= 0.6 is 0 Å². The zero-order chi connectivity index (χ0) is 16.2. The van der Waals surface area contributed by atoms with Crippen LogP contribution in [0, 0.1) is 0 Å². The predicted octanol–water partition coefficient (Wildman–Crippen LogP) is 1.76. The molecule has 3 rings (SSSR count). The summed E-state index contributed by atoms with van der Waals surface area (Å²) >= 11 is 0. The topological polar surface area (TPSA) is 103 Å². The molecule has 0 aromatic heterocycles. The number of fused-ring (bicyclic) bond motifs is 1. The molecule has 0 fully saturated rings. The Morgan fingerprint density at radius 3 is 2.52 bits per heavy atom. The average molecular weight is 313 g/mol. The van der Waals surface area contributed by atoms with Gasteiger partial charge in [-0.25, -0.2) is 4.79 Å². The largest absolute Gasteiger partial charge is 0.454 e. The summed E-state index contributed by atoms with van der Waals surface area (Å²) in [6, 6.07) is 12.6. The van der Waals surface area contributed by atoms with E-state index in [0.717, 1.165) is 0 Å². The van der Waals surface area contributed by atoms with E-state index in [2.05, 4.69) is 10.6 Å². The lowest BCUT2D eigenvalue weighted by atomic mass is 10.1. The number of anilines is 1. The van der Waals surface area contributed by atoms with Gasteiger partial charge in [0.25, 0.3) is 5.91 Å². The Kier molecular flexibility index (Phi) is 4.01. The van der Waals surface area contributed by atoms with Crippen molar-refractivity contribution < 1.29 is 19.1 Å². The van der Waals surface area contributed by atoms with Crippen LogP contribution in [0.5, 0.6) is 11.5 Å². The number of benzene rings is 2. The van der Waals surface area contributed by atoms with E-state index in [1.807, 2.05) is 6.07 Å². The summed E-state index contributed by atoms with van der Waals surface area (Å²) in [5.74, 6) is 0.701. The maximum absolute atomic E-state index is 12.3. The van der Waals surface area contributed by atoms with E-state index in [0.29, 0.717) is 22.7 Å². The third-order valence-electron chi connectivity index (χ3n) is 3.33. The minimum Gasteiger partial charge on any atom is -0.454 e. The Labute approximate surface area is 132 Å². The van der Waals surface area contributed by atoms with Gasteiger partial charge >= 0.3 is 6.03 Å². The molecule has 1 aliphatic rings. The first-order valence-corrected chi connectivity index (χ1v) is 6.95. The maximum atomic E-state index is 12.3. The number of ether oxygens (including phenoxy) is 2. The van der Waals surface area contributed by atoms with E-state index >= 15 is 0 Å². The molecule has 0 unspecified atom stereocenters. The smallest absolute Gasteiger partial charge is 0.318 e. The van der Waals surface area contributed by atoms with Crippen LogP contribution in [0.2, 0.25) is 0 Å². The fourth-order valence-electron chi connectivity index (χ4n) is 2.29. The van der Waals surface area contributed by atoms with E-state index in [1.165, 1.54) is 0 Å². The van der Waals surface area contributed by atoms with Crippen molar-refractivity contribution >= 4 is 17.6 Å². The van der Waals surface area contributed by atoms with Crippen molar-refractivity contribution in [2.75, 3.05) is 12.1 Å². The SMILES string of the molecule is NC(=O)NC(=O)[C@H](Nc1ccc2c(c1)OCO2)c1ccccc1. The van der Waals surface area contributed by atoms with Crippen molar-refractivity contribution in [1.29, 1.82) is 0 Å². The van der Waals surface area contributed by atoms with Crippen LogP contribution in [0.1, 0.15) is 11.6 Å². The van der Waals surface area contributed by atoms with Gasteiger partial charge in [-0.1, -0.05) is 30.3 Å². The lowest BCUT2D eigenvalue weighted by molar-refractivity contribution is -0.120. The zero-order valence-corrected chi connectivity index (χ0v) is 12.1. The van der Waals surface area contributed by atoms with Gasteiger partial charge in [-0.3, -0.25) is 10.1 Å². The number of carbonyl (C=O) groups excluding carboxylic acids is 2. The Balaban J connectivity index is 1.86. The highest BCUT2D eigenvalue weighted by atomic mass is 16.7. The molecular formula is C16H15N3O4. The number of nitrogens with one attached hydrogen (secondary N) is 2. The second kappa shape index (κ2) is 6.27. The van der Waals surface area contributed by atoms with Gasteiger partial charge in [-0.2, -0.15) is 0 Å². The summed E-state index contributed by atoms with van der Waals surface area (Å²) in [6.07, 6.45) is 0. The number of primary amides is 1. The van der Waals surface area contributed by atoms with Crippen molar-refractivity contribution in [2.24, 2.45) is 5.73 Å². The first kappa shape index (κ1) is 14.7. The van der Waals surface area contributed by atoms with Gasteiger partial charge in [0, 0.05) is 11.8 Å². The van der Waals surface area contributed by atoms with Gasteiger partial charge in [0.05, 0.1) is 0 Å². The molecule has 0 radical (unpaired) electrons. The lowest BCUT2D eigenvalue weighted by Crippen LogP contribution is -2.40. The molecule has 0 aliphatic carbocycles. The highest BCUT2D eigenvalue weighted by molar-refractivity contribution is 5.98. The fraction of sp³-hybridized carbons (Fsp3) is 0.125. The predicted molar refractivity (Wildman–Crippen MR) is 83.1 cm³/mol. The average Bonchev–Trinajstić information content (AvgIpc) is 3.00. The quantitative estimate of drug-likeness (QED) is 0.798. The Bertz CT molecular complexity index is 733. The fourth-order valence-corrected chi connectivity index (χ4v) is 2.29. The molecule has 2 aromatic carbocycles. The summed E-state index contributed by atoms with van der Waals surface area (Å²) in [5.41, 5.74) is 6.39. The first-order chi connectivity index (χ1) is 11.1. The molecule has 7 heteroatoms. The first-order valence-electron chi connectivity index (χ1n) is 6.95. The Morgan fingerprint density at radius 2 is 1.78 bits per heavy atom. The second-order valence-electron chi connectivity index (χ2n) is 4.91. The summed E-state index contributed by atoms with van der Waals surface area (Å²) in [4.78, 5) is 23.2. The van der Waals surface area contributed by atoms with Crippen molar-refractivity contribution in [3.63, 3.8) is 0 Å². The Hall–Kier alpha value is -3.22. The van der Waals surface area contributed by atoms with Gasteiger partial charge in [0.1, 0.15) is 6.04 Å². The molecule has 0 spiro atoms. The normalized spacial score (nSPS) is 13.2. The second-order valence-corrected chi connectivity index (χ2v) is 4.91. The molecule has 2 aromatic rings. The lowest BCUT2D eigenvalue weighted by Gasteiger charge is -2.19. The molecule has 0 bridgehead atoms. The van der Waals surface area contributed by atoms with Gasteiger partial charge in [-0.15, -0.1) is 0 Å². The molecule has 0 saturated carbocycles. The highest BCUT2D eigenvalue weighted by Gasteiger charge is 2.22. The number of urea groups is 1. The third kappa shape index (κ3) is 3.34. The minimum absolute atomic E-state index is 0.170. The van der Waals surface area contributed by atoms with Crippen LogP contribution in [-0.4, -0.2) is 18.7 Å². The minimum atomic E-state index is -0.900. The molecular weight excluding hydrogens is 298 g/mol. The molecule has 1 heterocycles. The summed E-state index contributed by atoms with van der Waals surface area (Å²) in [7, 11) is 0. The molecule has 118 valence electrons. The summed E-state index contributed by atoms with van der Waals surface area (Å²) in [5, 5.41) is 5.17. The standard InChI is InChI=1S/C16H15N3O4/c17-16(21)19-15(20)14(10-4-2-1-3-5-10)18-11-6-7-12-13(8-11)23-9-22-12/h1-8,14,18H,9H2,(H3,17,19,20,21)/t14-/m1/s1. The van der Waals surface area contributed by atoms with Crippen LogP contribution < -0.4 is 25.8 Å². The van der Waals surface area contributed by atoms with Crippen LogP contribution in [0.4, 0.5) is 10.5 Å². The number of rotatable bonds is 4. The van der Waals surface area contributed by atoms with Crippen molar-refractivity contribution in [3.8, 4) is 11.5 Å². The van der Waals surface area contributed by atoms with Crippen molar-refractivity contribution in [3.05, 3.63) is 54.1 Å². The molecule has 23 heavy (non-hydrogen) atoms. The maximum Gasteiger partial charge on any atom is 0.318 e. The Morgan fingerprint density at radius 1 is 1.04 bits per heavy atom. The third-order valence-corrected chi connectivity index (χ3v) is 3.33. The van der Waals surface area contributed by atoms with Gasteiger partial charge in [-0.05, 0) is 17.7 Å². The van der Waals surface area contributed by atoms with Gasteiger partial charge < -0.3 is 20.5 Å². The van der Waals surface area contributed by atoms with Crippen LogP contribution in [-0.2, 0) is 4.79 Å². The van der Waals surface area contributed by atoms with Crippen molar-refractivity contribution in [2.45, 2.75) is 6.04 Å². The molecule has 4 N–H and O–H groups in total. The van der Waals surface area contributed by atoms with E-state index < -0.39 is 18.0 Å². The van der Waals surface area contributed by atoms with Crippen LogP contribution in [0.25, 0.3) is 0 Å². The molecule has 3 amide bonds. The number of nitrogens with two attached hydrogens (primary N) is 1. The van der Waals surface area contributed by atoms with E-state index in [1.54, 1.807) is 42.5 Å². The zero-order valence-electron chi connectivity index (χ0n) is 12.1. The number of carbonyl (C=O) groups is 2. The molecule has 1 aliphatic heterocycles. The number of amides is 3. The monoisotopic (exact) mass is 313 g/mol. The number of imide groups is 1. The van der Waals surface area contributed by atoms with Crippen LogP contribution in [0.3, 0.4) is 0 Å². The van der Waals surface area contributed by atoms with E-state index in [9.17, 15) is 9.59 Å². The number of hydrogen-bond donors (Lipinski definition) is 3. The highest BCUT2D eigenvalue weighted by Crippen LogP contribution is 2.35. The van der Waals surface area contributed by atoms with Gasteiger partial charge in [0.15, 0.2) is 11.5 Å². The molecule has 1 atom stereocenters. The van der Waals surface area contributed by atoms with E-state index in [-0.39, 0.29) is 6.79 Å². The van der Waals surface area contributed by atoms with Crippen LogP contribution in [0.15, 0.2) is 48.5 Å². The van der Waals surface area contributed by atoms with Crippen molar-refractivity contribution in [1.82, 2.24) is 5.32 Å². The van der Waals surface area contributed by atoms with E-state index in [4.69, 9.17) is 15.2 Å². The molecule has 0 saturated heterocycles.